The van der Waals surface area contributed by atoms with Crippen molar-refractivity contribution in [2.24, 2.45) is 5.92 Å². The van der Waals surface area contributed by atoms with Gasteiger partial charge in [0.25, 0.3) is 0 Å². The minimum Gasteiger partial charge on any atom is -0.507 e. The molecule has 0 bridgehead atoms. The highest BCUT2D eigenvalue weighted by Crippen LogP contribution is 2.42. The first-order valence-corrected chi connectivity index (χ1v) is 11.6. The molecule has 7 nitrogen and oxygen atoms in total. The Balaban J connectivity index is 1.51. The number of fused-ring (bicyclic) bond motifs is 2. The van der Waals surface area contributed by atoms with Gasteiger partial charge in [0, 0.05) is 30.5 Å². The molecule has 0 radical (unpaired) electrons. The summed E-state index contributed by atoms with van der Waals surface area (Å²) in [7, 11) is 0. The minimum absolute atomic E-state index is 0.00129. The lowest BCUT2D eigenvalue weighted by Gasteiger charge is -2.25. The fraction of sp³-hybridized carbons (Fsp3) is 0.440. The first-order chi connectivity index (χ1) is 15.5. The van der Waals surface area contributed by atoms with Gasteiger partial charge in [-0.3, -0.25) is 9.59 Å². The molecular formula is C25H29N3O4. The molecule has 2 aromatic carbocycles. The van der Waals surface area contributed by atoms with Crippen LogP contribution in [-0.2, 0) is 0 Å². The van der Waals surface area contributed by atoms with Crippen molar-refractivity contribution in [2.75, 3.05) is 30.3 Å². The summed E-state index contributed by atoms with van der Waals surface area (Å²) in [6.07, 6.45) is 6.87. The van der Waals surface area contributed by atoms with Crippen molar-refractivity contribution < 1.29 is 19.8 Å². The smallest absolute Gasteiger partial charge is 0.200 e. The van der Waals surface area contributed by atoms with Gasteiger partial charge in [-0.2, -0.15) is 0 Å². The average molecular weight is 436 g/mol. The van der Waals surface area contributed by atoms with E-state index < -0.39 is 11.6 Å². The Kier molecular flexibility index (Phi) is 5.51. The van der Waals surface area contributed by atoms with Gasteiger partial charge in [-0.05, 0) is 62.4 Å². The summed E-state index contributed by atoms with van der Waals surface area (Å²) in [5.74, 6) is -0.802. The molecule has 1 saturated carbocycles. The number of carbonyl (C=O) groups is 2. The van der Waals surface area contributed by atoms with Crippen LogP contribution < -0.4 is 16.0 Å². The maximum atomic E-state index is 13.6. The van der Waals surface area contributed by atoms with Crippen LogP contribution in [0.5, 0.6) is 11.5 Å². The number of aromatic hydroxyl groups is 2. The van der Waals surface area contributed by atoms with Gasteiger partial charge in [-0.25, -0.2) is 0 Å². The van der Waals surface area contributed by atoms with Crippen molar-refractivity contribution >= 4 is 22.9 Å². The van der Waals surface area contributed by atoms with E-state index in [-0.39, 0.29) is 33.8 Å². The van der Waals surface area contributed by atoms with E-state index >= 15 is 0 Å². The van der Waals surface area contributed by atoms with Crippen molar-refractivity contribution in [3.8, 4) is 11.5 Å². The van der Waals surface area contributed by atoms with E-state index in [0.717, 1.165) is 32.2 Å². The monoisotopic (exact) mass is 435 g/mol. The summed E-state index contributed by atoms with van der Waals surface area (Å²) >= 11 is 0. The van der Waals surface area contributed by atoms with Crippen LogP contribution in [0.3, 0.4) is 0 Å². The number of carbonyl (C=O) groups excluding carboxylic acids is 2. The van der Waals surface area contributed by atoms with Gasteiger partial charge in [-0.1, -0.05) is 12.8 Å². The Morgan fingerprint density at radius 3 is 1.84 bits per heavy atom. The fourth-order valence-electron chi connectivity index (χ4n) is 5.29. The summed E-state index contributed by atoms with van der Waals surface area (Å²) in [6.45, 7) is 2.29. The van der Waals surface area contributed by atoms with E-state index in [0.29, 0.717) is 36.4 Å². The number of rotatable bonds is 6. The van der Waals surface area contributed by atoms with Crippen LogP contribution in [0.15, 0.2) is 24.3 Å². The molecule has 0 spiro atoms. The van der Waals surface area contributed by atoms with E-state index in [2.05, 4.69) is 16.0 Å². The number of hydrogen-bond acceptors (Lipinski definition) is 7. The summed E-state index contributed by atoms with van der Waals surface area (Å²) < 4.78 is 0. The number of phenols is 2. The van der Waals surface area contributed by atoms with Crippen LogP contribution in [0, 0.1) is 5.92 Å². The molecule has 1 saturated heterocycles. The summed E-state index contributed by atoms with van der Waals surface area (Å²) in [4.78, 5) is 27.1. The van der Waals surface area contributed by atoms with E-state index in [4.69, 9.17) is 0 Å². The first kappa shape index (κ1) is 20.8. The molecule has 1 aliphatic heterocycles. The Morgan fingerprint density at radius 2 is 1.31 bits per heavy atom. The molecule has 5 N–H and O–H groups in total. The van der Waals surface area contributed by atoms with Crippen molar-refractivity contribution in [2.45, 2.75) is 44.6 Å². The SMILES string of the molecule is O=C1c2c(O)ccc(NCC3CCCN3)c2C(=O)c2c(O)ccc(NCC3CCCC3)c21. The highest BCUT2D eigenvalue weighted by atomic mass is 16.3. The normalized spacial score (nSPS) is 20.3. The summed E-state index contributed by atoms with van der Waals surface area (Å²) in [5, 5.41) is 31.1. The minimum atomic E-state index is -0.450. The van der Waals surface area contributed by atoms with Gasteiger partial charge < -0.3 is 26.2 Å². The maximum Gasteiger partial charge on any atom is 0.200 e. The molecule has 2 fully saturated rings. The molecule has 2 aliphatic carbocycles. The number of hydrogen-bond donors (Lipinski definition) is 5. The van der Waals surface area contributed by atoms with Gasteiger partial charge in [0.1, 0.15) is 11.5 Å². The topological polar surface area (TPSA) is 111 Å². The number of benzene rings is 2. The molecule has 3 aliphatic rings. The molecular weight excluding hydrogens is 406 g/mol. The number of nitrogens with one attached hydrogen (secondary N) is 3. The molecule has 168 valence electrons. The summed E-state index contributed by atoms with van der Waals surface area (Å²) in [5.41, 5.74) is 1.31. The van der Waals surface area contributed by atoms with Crippen LogP contribution in [0.25, 0.3) is 0 Å². The zero-order valence-corrected chi connectivity index (χ0v) is 18.0. The van der Waals surface area contributed by atoms with Crippen molar-refractivity contribution in [3.63, 3.8) is 0 Å². The van der Waals surface area contributed by atoms with Crippen molar-refractivity contribution in [1.29, 1.82) is 0 Å². The second kappa shape index (κ2) is 8.47. The molecule has 32 heavy (non-hydrogen) atoms. The largest absolute Gasteiger partial charge is 0.507 e. The van der Waals surface area contributed by atoms with E-state index in [1.165, 1.54) is 25.0 Å². The Bertz CT molecular complexity index is 984. The third kappa shape index (κ3) is 3.60. The lowest BCUT2D eigenvalue weighted by atomic mass is 9.81. The molecule has 1 atom stereocenters. The quantitative estimate of drug-likeness (QED) is 0.376. The summed E-state index contributed by atoms with van der Waals surface area (Å²) in [6, 6.07) is 6.47. The second-order valence-electron chi connectivity index (χ2n) is 9.13. The zero-order chi connectivity index (χ0) is 22.2. The van der Waals surface area contributed by atoms with Crippen LogP contribution in [-0.4, -0.2) is 47.5 Å². The van der Waals surface area contributed by atoms with E-state index in [9.17, 15) is 19.8 Å². The molecule has 1 unspecified atom stereocenters. The maximum absolute atomic E-state index is 13.6. The van der Waals surface area contributed by atoms with Crippen molar-refractivity contribution in [1.82, 2.24) is 5.32 Å². The van der Waals surface area contributed by atoms with E-state index in [1.54, 1.807) is 12.1 Å². The van der Waals surface area contributed by atoms with Crippen LogP contribution >= 0.6 is 0 Å². The van der Waals surface area contributed by atoms with Gasteiger partial charge in [0.2, 0.25) is 11.6 Å². The van der Waals surface area contributed by atoms with Crippen LogP contribution in [0.2, 0.25) is 0 Å². The van der Waals surface area contributed by atoms with Gasteiger partial charge in [-0.15, -0.1) is 0 Å². The number of phenolic OH excluding ortho intramolecular Hbond substituents is 2. The molecule has 0 amide bonds. The first-order valence-electron chi connectivity index (χ1n) is 11.6. The Hall–Kier alpha value is -3.06. The Labute approximate surface area is 187 Å². The highest BCUT2D eigenvalue weighted by Gasteiger charge is 2.38. The van der Waals surface area contributed by atoms with Crippen LogP contribution in [0.4, 0.5) is 11.4 Å². The predicted molar refractivity (Wildman–Crippen MR) is 123 cm³/mol. The zero-order valence-electron chi connectivity index (χ0n) is 18.0. The van der Waals surface area contributed by atoms with Gasteiger partial charge in [0.15, 0.2) is 0 Å². The molecule has 5 rings (SSSR count). The molecule has 7 heteroatoms. The third-order valence-electron chi connectivity index (χ3n) is 7.03. The standard InChI is InChI=1S/C25H29N3O4/c29-18-9-7-16(27-12-14-4-1-2-5-14)20-22(18)25(32)21-17(28-13-15-6-3-11-26-15)8-10-19(30)23(21)24(20)31/h7-10,14-15,26-30H,1-6,11-13H2. The van der Waals surface area contributed by atoms with Gasteiger partial charge >= 0.3 is 0 Å². The van der Waals surface area contributed by atoms with E-state index in [1.807, 2.05) is 0 Å². The highest BCUT2D eigenvalue weighted by molar-refractivity contribution is 6.33. The predicted octanol–water partition coefficient (Wildman–Crippen LogP) is 3.64. The Morgan fingerprint density at radius 1 is 0.750 bits per heavy atom. The average Bonchev–Trinajstić information content (AvgIpc) is 3.49. The fourth-order valence-corrected chi connectivity index (χ4v) is 5.29. The lowest BCUT2D eigenvalue weighted by molar-refractivity contribution is 0.0975. The molecule has 2 aromatic rings. The van der Waals surface area contributed by atoms with Gasteiger partial charge in [0.05, 0.1) is 22.3 Å². The molecule has 1 heterocycles. The van der Waals surface area contributed by atoms with Crippen molar-refractivity contribution in [3.05, 3.63) is 46.5 Å². The number of ketones is 2. The van der Waals surface area contributed by atoms with Crippen LogP contribution in [0.1, 0.15) is 70.4 Å². The third-order valence-corrected chi connectivity index (χ3v) is 7.03. The molecule has 0 aromatic heterocycles. The second-order valence-corrected chi connectivity index (χ2v) is 9.13. The lowest BCUT2D eigenvalue weighted by Crippen LogP contribution is -2.30. The number of anilines is 2.